The van der Waals surface area contributed by atoms with Gasteiger partial charge < -0.3 is 19.1 Å². The molecule has 2 aliphatic rings. The molecule has 0 radical (unpaired) electrons. The van der Waals surface area contributed by atoms with Crippen molar-refractivity contribution in [3.63, 3.8) is 0 Å². The topological polar surface area (TPSA) is 102 Å². The van der Waals surface area contributed by atoms with Gasteiger partial charge in [0.2, 0.25) is 10.0 Å². The summed E-state index contributed by atoms with van der Waals surface area (Å²) in [5.41, 5.74) is 1.17. The zero-order valence-electron chi connectivity index (χ0n) is 19.1. The van der Waals surface area contributed by atoms with E-state index in [1.54, 1.807) is 12.1 Å². The summed E-state index contributed by atoms with van der Waals surface area (Å²) in [6.45, 7) is 2.77. The lowest BCUT2D eigenvalue weighted by Gasteiger charge is -2.31. The molecule has 0 spiro atoms. The number of sulfonamides is 1. The average Bonchev–Trinajstić information content (AvgIpc) is 2.89. The number of carbonyl (C=O) groups excluding carboxylic acids is 2. The van der Waals surface area contributed by atoms with Crippen LogP contribution in [0.25, 0.3) is 0 Å². The second kappa shape index (κ2) is 10.5. The van der Waals surface area contributed by atoms with Gasteiger partial charge in [0.25, 0.3) is 0 Å². The van der Waals surface area contributed by atoms with Gasteiger partial charge in [0.15, 0.2) is 0 Å². The first kappa shape index (κ1) is 24.2. The number of ether oxygens (including phenoxy) is 3. The fraction of sp³-hybridized carbons (Fsp3) is 0.417. The van der Waals surface area contributed by atoms with Gasteiger partial charge in [-0.3, -0.25) is 0 Å². The number of morpholine rings is 1. The third-order valence-corrected chi connectivity index (χ3v) is 7.87. The molecule has 2 saturated heterocycles. The van der Waals surface area contributed by atoms with Crippen molar-refractivity contribution in [1.29, 1.82) is 0 Å². The molecule has 0 N–H and O–H groups in total. The number of carbonyl (C=O) groups is 2. The maximum atomic E-state index is 13.2. The summed E-state index contributed by atoms with van der Waals surface area (Å²) in [6, 6.07) is 10.6. The zero-order valence-corrected chi connectivity index (χ0v) is 19.9. The number of hydrogen-bond donors (Lipinski definition) is 0. The Hall–Kier alpha value is -2.95. The lowest BCUT2D eigenvalue weighted by molar-refractivity contribution is 0.0600. The Bertz CT molecular complexity index is 1140. The van der Waals surface area contributed by atoms with Crippen molar-refractivity contribution in [1.82, 2.24) is 4.31 Å². The second-order valence-electron chi connectivity index (χ2n) is 8.15. The summed E-state index contributed by atoms with van der Waals surface area (Å²) < 4.78 is 43.3. The van der Waals surface area contributed by atoms with Gasteiger partial charge >= 0.3 is 11.9 Å². The first-order valence-electron chi connectivity index (χ1n) is 11.3. The quantitative estimate of drug-likeness (QED) is 0.452. The molecule has 2 aromatic rings. The van der Waals surface area contributed by atoms with E-state index in [0.717, 1.165) is 32.4 Å². The largest absolute Gasteiger partial charge is 0.465 e. The van der Waals surface area contributed by atoms with Crippen LogP contribution < -0.4 is 9.64 Å². The average molecular weight is 489 g/mol. The molecule has 10 heteroatoms. The molecule has 0 saturated carbocycles. The number of piperidine rings is 1. The van der Waals surface area contributed by atoms with Crippen LogP contribution in [0.5, 0.6) is 5.75 Å². The number of hydrogen-bond acceptors (Lipinski definition) is 8. The third kappa shape index (κ3) is 5.24. The number of rotatable bonds is 6. The Morgan fingerprint density at radius 1 is 0.882 bits per heavy atom. The molecular weight excluding hydrogens is 460 g/mol. The van der Waals surface area contributed by atoms with Crippen molar-refractivity contribution in [2.24, 2.45) is 0 Å². The normalized spacial score (nSPS) is 17.3. The molecule has 0 unspecified atom stereocenters. The molecule has 2 heterocycles. The summed E-state index contributed by atoms with van der Waals surface area (Å²) >= 11 is 0. The molecule has 34 heavy (non-hydrogen) atoms. The maximum Gasteiger partial charge on any atom is 0.345 e. The van der Waals surface area contributed by atoms with Gasteiger partial charge in [-0.15, -0.1) is 0 Å². The van der Waals surface area contributed by atoms with Crippen LogP contribution in [0.15, 0.2) is 47.4 Å². The number of nitrogens with zero attached hydrogens (tertiary/aromatic N) is 2. The molecule has 0 bridgehead atoms. The molecule has 4 rings (SSSR count). The van der Waals surface area contributed by atoms with Crippen molar-refractivity contribution < 1.29 is 32.2 Å². The van der Waals surface area contributed by atoms with Gasteiger partial charge in [-0.05, 0) is 61.7 Å². The molecule has 0 aromatic heterocycles. The van der Waals surface area contributed by atoms with Crippen LogP contribution in [0, 0.1) is 0 Å². The Labute approximate surface area is 199 Å². The van der Waals surface area contributed by atoms with E-state index < -0.39 is 22.0 Å². The summed E-state index contributed by atoms with van der Waals surface area (Å²) in [5.74, 6) is -0.916. The van der Waals surface area contributed by atoms with Crippen molar-refractivity contribution in [3.05, 3.63) is 53.6 Å². The lowest BCUT2D eigenvalue weighted by Crippen LogP contribution is -2.40. The van der Waals surface area contributed by atoms with Crippen LogP contribution >= 0.6 is 0 Å². The van der Waals surface area contributed by atoms with Crippen LogP contribution in [0.2, 0.25) is 0 Å². The van der Waals surface area contributed by atoms with E-state index in [2.05, 4.69) is 9.64 Å². The predicted octanol–water partition coefficient (Wildman–Crippen LogP) is 2.70. The molecule has 0 aliphatic carbocycles. The van der Waals surface area contributed by atoms with E-state index >= 15 is 0 Å². The molecule has 182 valence electrons. The molecule has 9 nitrogen and oxygen atoms in total. The number of esters is 2. The van der Waals surface area contributed by atoms with E-state index in [9.17, 15) is 18.0 Å². The molecule has 2 aromatic carbocycles. The van der Waals surface area contributed by atoms with Crippen molar-refractivity contribution in [2.45, 2.75) is 24.2 Å². The minimum Gasteiger partial charge on any atom is -0.465 e. The monoisotopic (exact) mass is 488 g/mol. The highest BCUT2D eigenvalue weighted by atomic mass is 32.2. The smallest absolute Gasteiger partial charge is 0.345 e. The molecular formula is C24H28N2O7S. The van der Waals surface area contributed by atoms with E-state index in [1.807, 2.05) is 0 Å². The van der Waals surface area contributed by atoms with E-state index in [0.29, 0.717) is 24.5 Å². The highest BCUT2D eigenvalue weighted by molar-refractivity contribution is 7.89. The van der Waals surface area contributed by atoms with E-state index in [4.69, 9.17) is 9.47 Å². The van der Waals surface area contributed by atoms with Gasteiger partial charge in [-0.1, -0.05) is 0 Å². The lowest BCUT2D eigenvalue weighted by atomic mass is 10.1. The van der Waals surface area contributed by atoms with Crippen LogP contribution in [-0.4, -0.2) is 71.2 Å². The highest BCUT2D eigenvalue weighted by Crippen LogP contribution is 2.29. The van der Waals surface area contributed by atoms with Crippen LogP contribution in [0.3, 0.4) is 0 Å². The minimum atomic E-state index is -3.78. The Morgan fingerprint density at radius 3 is 2.21 bits per heavy atom. The van der Waals surface area contributed by atoms with Gasteiger partial charge in [0.1, 0.15) is 5.75 Å². The van der Waals surface area contributed by atoms with E-state index in [1.165, 1.54) is 41.7 Å². The van der Waals surface area contributed by atoms with Crippen LogP contribution in [0.1, 0.15) is 40.0 Å². The van der Waals surface area contributed by atoms with E-state index in [-0.39, 0.29) is 29.3 Å². The van der Waals surface area contributed by atoms with Crippen molar-refractivity contribution in [2.75, 3.05) is 51.4 Å². The van der Waals surface area contributed by atoms with Crippen LogP contribution in [-0.2, 0) is 19.5 Å². The van der Waals surface area contributed by atoms with Gasteiger partial charge in [0, 0.05) is 26.2 Å². The Morgan fingerprint density at radius 2 is 1.56 bits per heavy atom. The number of methoxy groups -OCH3 is 1. The van der Waals surface area contributed by atoms with Gasteiger partial charge in [-0.25, -0.2) is 18.0 Å². The molecule has 0 atom stereocenters. The number of anilines is 1. The first-order valence-corrected chi connectivity index (χ1v) is 12.7. The summed E-state index contributed by atoms with van der Waals surface area (Å²) in [7, 11) is -2.49. The fourth-order valence-electron chi connectivity index (χ4n) is 4.12. The Kier molecular flexibility index (Phi) is 7.50. The van der Waals surface area contributed by atoms with Crippen molar-refractivity contribution in [3.8, 4) is 5.75 Å². The number of benzene rings is 2. The van der Waals surface area contributed by atoms with Gasteiger partial charge in [0.05, 0.1) is 42.0 Å². The molecule has 2 aliphatic heterocycles. The maximum absolute atomic E-state index is 13.2. The minimum absolute atomic E-state index is 0.0446. The second-order valence-corrected chi connectivity index (χ2v) is 10.1. The van der Waals surface area contributed by atoms with Gasteiger partial charge in [-0.2, -0.15) is 4.31 Å². The Balaban J connectivity index is 1.65. The highest BCUT2D eigenvalue weighted by Gasteiger charge is 2.29. The van der Waals surface area contributed by atoms with Crippen LogP contribution in [0.4, 0.5) is 5.69 Å². The zero-order chi connectivity index (χ0) is 24.1. The predicted molar refractivity (Wildman–Crippen MR) is 125 cm³/mol. The standard InChI is InChI=1S/C24H28N2O7S/c1-31-23(27)18-5-7-19(8-6-18)33-24(28)21-17-20(34(29,30)26-13-15-32-16-14-26)9-10-22(21)25-11-3-2-4-12-25/h5-10,17H,2-4,11-16H2,1H3. The first-order chi connectivity index (χ1) is 16.4. The third-order valence-electron chi connectivity index (χ3n) is 5.98. The molecule has 2 fully saturated rings. The SMILES string of the molecule is COC(=O)c1ccc(OC(=O)c2cc(S(=O)(=O)N3CCOCC3)ccc2N2CCCCC2)cc1. The van der Waals surface area contributed by atoms with Crippen molar-refractivity contribution >= 4 is 27.6 Å². The fourth-order valence-corrected chi connectivity index (χ4v) is 5.56. The summed E-state index contributed by atoms with van der Waals surface area (Å²) in [5, 5.41) is 0. The summed E-state index contributed by atoms with van der Waals surface area (Å²) in [4.78, 5) is 27.0. The summed E-state index contributed by atoms with van der Waals surface area (Å²) in [6.07, 6.45) is 3.11. The molecule has 0 amide bonds.